The van der Waals surface area contributed by atoms with Crippen LogP contribution in [0.3, 0.4) is 0 Å². The molecule has 0 unspecified atom stereocenters. The third kappa shape index (κ3) is 2.81. The Morgan fingerprint density at radius 2 is 1.58 bits per heavy atom. The molecule has 2 aliphatic carbocycles. The largest absolute Gasteiger partial charge is 0.339 e. The average Bonchev–Trinajstić information content (AvgIpc) is 2.47. The lowest BCUT2D eigenvalue weighted by molar-refractivity contribution is -0.143. The van der Waals surface area contributed by atoms with Gasteiger partial charge < -0.3 is 10.6 Å². The SMILES string of the molecule is NC1CCC(C(=O)N2CCC[C@H]3CCCC[C@H]32)CC1. The molecule has 0 aromatic heterocycles. The Balaban J connectivity index is 1.64. The average molecular weight is 264 g/mol. The van der Waals surface area contributed by atoms with E-state index < -0.39 is 0 Å². The molecular formula is C16H28N2O. The van der Waals surface area contributed by atoms with Crippen LogP contribution in [0.2, 0.25) is 0 Å². The Morgan fingerprint density at radius 1 is 0.895 bits per heavy atom. The summed E-state index contributed by atoms with van der Waals surface area (Å²) in [7, 11) is 0. The third-order valence-corrected chi connectivity index (χ3v) is 5.65. The number of nitrogens with two attached hydrogens (primary N) is 1. The lowest BCUT2D eigenvalue weighted by Crippen LogP contribution is -2.52. The Hall–Kier alpha value is -0.570. The summed E-state index contributed by atoms with van der Waals surface area (Å²) in [5.41, 5.74) is 5.96. The van der Waals surface area contributed by atoms with Crippen molar-refractivity contribution in [1.29, 1.82) is 0 Å². The summed E-state index contributed by atoms with van der Waals surface area (Å²) in [4.78, 5) is 15.1. The Bertz CT molecular complexity index is 321. The highest BCUT2D eigenvalue weighted by Gasteiger charge is 2.38. The van der Waals surface area contributed by atoms with Crippen molar-refractivity contribution < 1.29 is 4.79 Å². The molecule has 0 bridgehead atoms. The first-order chi connectivity index (χ1) is 9.25. The fourth-order valence-corrected chi connectivity index (χ4v) is 4.50. The van der Waals surface area contributed by atoms with Crippen LogP contribution in [0.25, 0.3) is 0 Å². The normalized spacial score (nSPS) is 39.7. The predicted octanol–water partition coefficient (Wildman–Crippen LogP) is 2.69. The number of likely N-dealkylation sites (tertiary alicyclic amines) is 1. The molecule has 2 saturated carbocycles. The van der Waals surface area contributed by atoms with Crippen molar-refractivity contribution in [3.63, 3.8) is 0 Å². The van der Waals surface area contributed by atoms with Gasteiger partial charge in [0.05, 0.1) is 0 Å². The first-order valence-electron chi connectivity index (χ1n) is 8.32. The van der Waals surface area contributed by atoms with Gasteiger partial charge in [-0.3, -0.25) is 4.79 Å². The van der Waals surface area contributed by atoms with E-state index in [2.05, 4.69) is 4.90 Å². The number of carbonyl (C=O) groups excluding carboxylic acids is 1. The van der Waals surface area contributed by atoms with Crippen LogP contribution in [0, 0.1) is 11.8 Å². The van der Waals surface area contributed by atoms with Crippen LogP contribution < -0.4 is 5.73 Å². The van der Waals surface area contributed by atoms with E-state index >= 15 is 0 Å². The standard InChI is InChI=1S/C16H28N2O/c17-14-9-7-13(8-10-14)16(19)18-11-3-5-12-4-1-2-6-15(12)18/h12-15H,1-11,17H2/t12-,13?,14?,15-/m1/s1. The van der Waals surface area contributed by atoms with Gasteiger partial charge in [-0.25, -0.2) is 0 Å². The van der Waals surface area contributed by atoms with Crippen molar-refractivity contribution in [2.24, 2.45) is 17.6 Å². The van der Waals surface area contributed by atoms with Crippen molar-refractivity contribution in [1.82, 2.24) is 4.90 Å². The topological polar surface area (TPSA) is 46.3 Å². The lowest BCUT2D eigenvalue weighted by Gasteiger charge is -2.45. The number of piperidine rings is 1. The molecule has 3 rings (SSSR count). The molecule has 3 nitrogen and oxygen atoms in total. The van der Waals surface area contributed by atoms with Crippen molar-refractivity contribution in [3.05, 3.63) is 0 Å². The maximum Gasteiger partial charge on any atom is 0.225 e. The predicted molar refractivity (Wildman–Crippen MR) is 76.6 cm³/mol. The summed E-state index contributed by atoms with van der Waals surface area (Å²) in [6.45, 7) is 1.02. The fourth-order valence-electron chi connectivity index (χ4n) is 4.50. The molecule has 0 aromatic rings. The molecule has 3 aliphatic rings. The van der Waals surface area contributed by atoms with Crippen LogP contribution in [0.4, 0.5) is 0 Å². The molecule has 0 spiro atoms. The van der Waals surface area contributed by atoms with E-state index in [0.717, 1.165) is 38.1 Å². The van der Waals surface area contributed by atoms with E-state index in [1.807, 2.05) is 0 Å². The molecule has 3 heteroatoms. The van der Waals surface area contributed by atoms with Crippen LogP contribution in [-0.4, -0.2) is 29.4 Å². The van der Waals surface area contributed by atoms with Gasteiger partial charge in [0, 0.05) is 24.5 Å². The van der Waals surface area contributed by atoms with Gasteiger partial charge in [0.2, 0.25) is 5.91 Å². The highest BCUT2D eigenvalue weighted by Crippen LogP contribution is 2.37. The van der Waals surface area contributed by atoms with Crippen molar-refractivity contribution >= 4 is 5.91 Å². The van der Waals surface area contributed by atoms with E-state index in [-0.39, 0.29) is 5.92 Å². The first kappa shape index (κ1) is 13.4. The van der Waals surface area contributed by atoms with Crippen molar-refractivity contribution in [2.45, 2.75) is 76.3 Å². The molecule has 108 valence electrons. The summed E-state index contributed by atoms with van der Waals surface area (Å²) in [6, 6.07) is 0.915. The van der Waals surface area contributed by atoms with Crippen LogP contribution in [0.1, 0.15) is 64.2 Å². The monoisotopic (exact) mass is 264 g/mol. The van der Waals surface area contributed by atoms with E-state index in [1.165, 1.54) is 38.5 Å². The summed E-state index contributed by atoms with van der Waals surface area (Å²) in [5.74, 6) is 1.54. The summed E-state index contributed by atoms with van der Waals surface area (Å²) in [5, 5.41) is 0. The lowest BCUT2D eigenvalue weighted by atomic mass is 9.77. The minimum Gasteiger partial charge on any atom is -0.339 e. The number of fused-ring (bicyclic) bond motifs is 1. The molecule has 0 radical (unpaired) electrons. The van der Waals surface area contributed by atoms with Gasteiger partial charge in [0.25, 0.3) is 0 Å². The second-order valence-electron chi connectivity index (χ2n) is 6.90. The highest BCUT2D eigenvalue weighted by molar-refractivity contribution is 5.79. The second-order valence-corrected chi connectivity index (χ2v) is 6.90. The molecular weight excluding hydrogens is 236 g/mol. The van der Waals surface area contributed by atoms with Gasteiger partial charge in [-0.2, -0.15) is 0 Å². The fraction of sp³-hybridized carbons (Fsp3) is 0.938. The molecule has 1 heterocycles. The Morgan fingerprint density at radius 3 is 2.37 bits per heavy atom. The number of amides is 1. The molecule has 0 aromatic carbocycles. The van der Waals surface area contributed by atoms with E-state index in [0.29, 0.717) is 18.0 Å². The molecule has 1 saturated heterocycles. The van der Waals surface area contributed by atoms with Gasteiger partial charge in [-0.05, 0) is 57.3 Å². The second kappa shape index (κ2) is 5.82. The third-order valence-electron chi connectivity index (χ3n) is 5.65. The van der Waals surface area contributed by atoms with E-state index in [4.69, 9.17) is 5.73 Å². The van der Waals surface area contributed by atoms with Crippen molar-refractivity contribution in [2.75, 3.05) is 6.54 Å². The van der Waals surface area contributed by atoms with Gasteiger partial charge in [-0.1, -0.05) is 12.8 Å². The van der Waals surface area contributed by atoms with Gasteiger partial charge in [0.15, 0.2) is 0 Å². The maximum atomic E-state index is 12.8. The van der Waals surface area contributed by atoms with Gasteiger partial charge in [0.1, 0.15) is 0 Å². The zero-order valence-electron chi connectivity index (χ0n) is 12.0. The number of hydrogen-bond acceptors (Lipinski definition) is 2. The minimum atomic E-state index is 0.278. The summed E-state index contributed by atoms with van der Waals surface area (Å²) < 4.78 is 0. The zero-order valence-corrected chi connectivity index (χ0v) is 12.0. The molecule has 2 atom stereocenters. The van der Waals surface area contributed by atoms with Crippen LogP contribution in [0.15, 0.2) is 0 Å². The quantitative estimate of drug-likeness (QED) is 0.791. The number of rotatable bonds is 1. The van der Waals surface area contributed by atoms with Crippen LogP contribution in [-0.2, 0) is 4.79 Å². The minimum absolute atomic E-state index is 0.278. The molecule has 1 aliphatic heterocycles. The van der Waals surface area contributed by atoms with Crippen LogP contribution >= 0.6 is 0 Å². The zero-order chi connectivity index (χ0) is 13.2. The van der Waals surface area contributed by atoms with E-state index in [9.17, 15) is 4.79 Å². The van der Waals surface area contributed by atoms with E-state index in [1.54, 1.807) is 0 Å². The number of carbonyl (C=O) groups is 1. The number of hydrogen-bond donors (Lipinski definition) is 1. The highest BCUT2D eigenvalue weighted by atomic mass is 16.2. The smallest absolute Gasteiger partial charge is 0.225 e. The Labute approximate surface area is 116 Å². The molecule has 1 amide bonds. The van der Waals surface area contributed by atoms with Crippen molar-refractivity contribution in [3.8, 4) is 0 Å². The molecule has 19 heavy (non-hydrogen) atoms. The molecule has 2 N–H and O–H groups in total. The molecule has 3 fully saturated rings. The van der Waals surface area contributed by atoms with Gasteiger partial charge in [-0.15, -0.1) is 0 Å². The number of nitrogens with zero attached hydrogens (tertiary/aromatic N) is 1. The van der Waals surface area contributed by atoms with Crippen LogP contribution in [0.5, 0.6) is 0 Å². The maximum absolute atomic E-state index is 12.8. The summed E-state index contributed by atoms with van der Waals surface area (Å²) in [6.07, 6.45) is 12.0. The Kier molecular flexibility index (Phi) is 4.11. The first-order valence-corrected chi connectivity index (χ1v) is 8.32. The summed E-state index contributed by atoms with van der Waals surface area (Å²) >= 11 is 0. The van der Waals surface area contributed by atoms with Gasteiger partial charge >= 0.3 is 0 Å².